The number of esters is 1. The molecule has 6 heteroatoms. The molecule has 1 N–H and O–H groups in total. The lowest BCUT2D eigenvalue weighted by Crippen LogP contribution is -2.22. The lowest BCUT2D eigenvalue weighted by atomic mass is 9.98. The first-order valence-electron chi connectivity index (χ1n) is 11.1. The van der Waals surface area contributed by atoms with Crippen molar-refractivity contribution in [3.05, 3.63) is 94.5 Å². The molecule has 4 aromatic rings. The van der Waals surface area contributed by atoms with Crippen LogP contribution in [0.15, 0.2) is 72.8 Å². The number of pyridine rings is 1. The van der Waals surface area contributed by atoms with Gasteiger partial charge in [-0.1, -0.05) is 74.0 Å². The molecule has 1 aromatic heterocycles. The Balaban J connectivity index is 1.61. The van der Waals surface area contributed by atoms with E-state index in [1.165, 1.54) is 0 Å². The van der Waals surface area contributed by atoms with Gasteiger partial charge in [0.2, 0.25) is 0 Å². The largest absolute Gasteiger partial charge is 0.452 e. The van der Waals surface area contributed by atoms with E-state index in [1.54, 1.807) is 12.1 Å². The van der Waals surface area contributed by atoms with Crippen molar-refractivity contribution in [2.24, 2.45) is 0 Å². The molecular weight excluding hydrogens is 448 g/mol. The Morgan fingerprint density at radius 1 is 1.00 bits per heavy atom. The summed E-state index contributed by atoms with van der Waals surface area (Å²) in [4.78, 5) is 30.5. The van der Waals surface area contributed by atoms with Gasteiger partial charge >= 0.3 is 5.97 Å². The van der Waals surface area contributed by atoms with Crippen LogP contribution in [0.25, 0.3) is 22.2 Å². The van der Waals surface area contributed by atoms with Gasteiger partial charge in [-0.15, -0.1) is 0 Å². The average Bonchev–Trinajstić information content (AvgIpc) is 2.82. The number of fused-ring (bicyclic) bond motifs is 1. The number of hydrogen-bond acceptors (Lipinski definition) is 4. The number of benzene rings is 3. The van der Waals surface area contributed by atoms with E-state index in [9.17, 15) is 9.59 Å². The zero-order valence-corrected chi connectivity index (χ0v) is 20.0. The van der Waals surface area contributed by atoms with Gasteiger partial charge in [-0.25, -0.2) is 9.78 Å². The highest BCUT2D eigenvalue weighted by Gasteiger charge is 2.21. The van der Waals surface area contributed by atoms with Gasteiger partial charge < -0.3 is 10.1 Å². The van der Waals surface area contributed by atoms with Crippen LogP contribution in [0, 0.1) is 6.92 Å². The molecule has 0 atom stereocenters. The van der Waals surface area contributed by atoms with Gasteiger partial charge in [0, 0.05) is 21.7 Å². The van der Waals surface area contributed by atoms with Crippen LogP contribution in [0.3, 0.4) is 0 Å². The fourth-order valence-electron chi connectivity index (χ4n) is 3.99. The maximum absolute atomic E-state index is 13.2. The number of nitrogens with zero attached hydrogens (tertiary/aromatic N) is 1. The summed E-state index contributed by atoms with van der Waals surface area (Å²) in [5, 5.41) is 4.10. The Labute approximate surface area is 203 Å². The second-order valence-electron chi connectivity index (χ2n) is 8.35. The van der Waals surface area contributed by atoms with Gasteiger partial charge in [0.15, 0.2) is 6.61 Å². The molecule has 34 heavy (non-hydrogen) atoms. The second kappa shape index (κ2) is 10.1. The van der Waals surface area contributed by atoms with E-state index in [1.807, 2.05) is 67.6 Å². The highest BCUT2D eigenvalue weighted by atomic mass is 35.5. The predicted octanol–water partition coefficient (Wildman–Crippen LogP) is 6.78. The van der Waals surface area contributed by atoms with Crippen LogP contribution in [0.1, 0.15) is 41.3 Å². The molecule has 0 spiro atoms. The SMILES string of the molecule is Cc1c(-c2cccc(Cl)c2)nc2ccccc2c1C(=O)OCC(=O)Nc1ccccc1C(C)C. The fraction of sp³-hybridized carbons (Fsp3) is 0.179. The molecule has 0 fully saturated rings. The van der Waals surface area contributed by atoms with E-state index in [0.717, 1.165) is 11.1 Å². The summed E-state index contributed by atoms with van der Waals surface area (Å²) in [5.41, 5.74) is 4.88. The van der Waals surface area contributed by atoms with E-state index in [2.05, 4.69) is 19.2 Å². The highest BCUT2D eigenvalue weighted by molar-refractivity contribution is 6.30. The standard InChI is InChI=1S/C28H25ClN2O3/c1-17(2)21-11-4-6-13-23(21)30-25(32)16-34-28(33)26-18(3)27(19-9-8-10-20(29)15-19)31-24-14-7-5-12-22(24)26/h4-15,17H,16H2,1-3H3,(H,30,32). The summed E-state index contributed by atoms with van der Waals surface area (Å²) in [6.45, 7) is 5.54. The number of nitrogens with one attached hydrogen (secondary N) is 1. The Morgan fingerprint density at radius 3 is 2.50 bits per heavy atom. The Morgan fingerprint density at radius 2 is 1.74 bits per heavy atom. The zero-order chi connectivity index (χ0) is 24.2. The summed E-state index contributed by atoms with van der Waals surface area (Å²) in [6, 6.07) is 22.3. The molecule has 0 aliphatic rings. The van der Waals surface area contributed by atoms with Crippen LogP contribution in [0.2, 0.25) is 5.02 Å². The summed E-state index contributed by atoms with van der Waals surface area (Å²) >= 11 is 6.19. The molecule has 0 saturated carbocycles. The third kappa shape index (κ3) is 4.95. The smallest absolute Gasteiger partial charge is 0.339 e. The monoisotopic (exact) mass is 472 g/mol. The summed E-state index contributed by atoms with van der Waals surface area (Å²) in [7, 11) is 0. The number of halogens is 1. The molecule has 1 amide bonds. The van der Waals surface area contributed by atoms with Crippen molar-refractivity contribution < 1.29 is 14.3 Å². The minimum Gasteiger partial charge on any atom is -0.452 e. The van der Waals surface area contributed by atoms with E-state index in [-0.39, 0.29) is 5.92 Å². The molecule has 172 valence electrons. The quantitative estimate of drug-likeness (QED) is 0.314. The Hall–Kier alpha value is -3.70. The molecule has 0 saturated heterocycles. The van der Waals surface area contributed by atoms with Gasteiger partial charge in [-0.2, -0.15) is 0 Å². The normalized spacial score (nSPS) is 11.0. The number of hydrogen-bond donors (Lipinski definition) is 1. The molecule has 0 aliphatic carbocycles. The summed E-state index contributed by atoms with van der Waals surface area (Å²) in [5.74, 6) is -0.728. The van der Waals surface area contributed by atoms with Crippen LogP contribution >= 0.6 is 11.6 Å². The first kappa shape index (κ1) is 23.5. The van der Waals surface area contributed by atoms with Crippen LogP contribution in [0.5, 0.6) is 0 Å². The lowest BCUT2D eigenvalue weighted by molar-refractivity contribution is -0.119. The van der Waals surface area contributed by atoms with Crippen molar-refractivity contribution >= 4 is 40.1 Å². The number of anilines is 1. The highest BCUT2D eigenvalue weighted by Crippen LogP contribution is 2.31. The van der Waals surface area contributed by atoms with Crippen LogP contribution < -0.4 is 5.32 Å². The van der Waals surface area contributed by atoms with Gasteiger partial charge in [-0.05, 0) is 48.2 Å². The number of rotatable bonds is 6. The third-order valence-electron chi connectivity index (χ3n) is 5.63. The first-order valence-corrected chi connectivity index (χ1v) is 11.4. The molecule has 0 unspecified atom stereocenters. The summed E-state index contributed by atoms with van der Waals surface area (Å²) in [6.07, 6.45) is 0. The van der Waals surface area contributed by atoms with Crippen molar-refractivity contribution in [1.82, 2.24) is 4.98 Å². The number of aromatic nitrogens is 1. The van der Waals surface area contributed by atoms with Crippen molar-refractivity contribution in [2.75, 3.05) is 11.9 Å². The molecule has 0 aliphatic heterocycles. The van der Waals surface area contributed by atoms with Gasteiger partial charge in [0.25, 0.3) is 5.91 Å². The maximum atomic E-state index is 13.2. The topological polar surface area (TPSA) is 68.3 Å². The molecule has 5 nitrogen and oxygen atoms in total. The number of para-hydroxylation sites is 2. The molecule has 3 aromatic carbocycles. The Bertz CT molecular complexity index is 1380. The predicted molar refractivity (Wildman–Crippen MR) is 136 cm³/mol. The number of amides is 1. The number of ether oxygens (including phenoxy) is 1. The van der Waals surface area contributed by atoms with Crippen molar-refractivity contribution in [2.45, 2.75) is 26.7 Å². The molecule has 4 rings (SSSR count). The van der Waals surface area contributed by atoms with Crippen molar-refractivity contribution in [1.29, 1.82) is 0 Å². The zero-order valence-electron chi connectivity index (χ0n) is 19.3. The van der Waals surface area contributed by atoms with Crippen LogP contribution in [0.4, 0.5) is 5.69 Å². The van der Waals surface area contributed by atoms with Crippen molar-refractivity contribution in [3.8, 4) is 11.3 Å². The average molecular weight is 473 g/mol. The fourth-order valence-corrected chi connectivity index (χ4v) is 4.18. The minimum absolute atomic E-state index is 0.245. The Kier molecular flexibility index (Phi) is 6.94. The minimum atomic E-state index is -0.577. The number of carbonyl (C=O) groups excluding carboxylic acids is 2. The lowest BCUT2D eigenvalue weighted by Gasteiger charge is -2.15. The third-order valence-corrected chi connectivity index (χ3v) is 5.86. The molecule has 0 bridgehead atoms. The van der Waals surface area contributed by atoms with Crippen molar-refractivity contribution in [3.63, 3.8) is 0 Å². The maximum Gasteiger partial charge on any atom is 0.339 e. The van der Waals surface area contributed by atoms with E-state index < -0.39 is 18.5 Å². The molecule has 0 radical (unpaired) electrons. The van der Waals surface area contributed by atoms with E-state index in [4.69, 9.17) is 21.3 Å². The van der Waals surface area contributed by atoms with E-state index in [0.29, 0.717) is 38.4 Å². The molecule has 1 heterocycles. The van der Waals surface area contributed by atoms with Gasteiger partial charge in [0.05, 0.1) is 16.8 Å². The summed E-state index contributed by atoms with van der Waals surface area (Å²) < 4.78 is 5.46. The van der Waals surface area contributed by atoms with Crippen LogP contribution in [-0.4, -0.2) is 23.5 Å². The van der Waals surface area contributed by atoms with Crippen LogP contribution in [-0.2, 0) is 9.53 Å². The first-order chi connectivity index (χ1) is 16.3. The molecular formula is C28H25ClN2O3. The van der Waals surface area contributed by atoms with Gasteiger partial charge in [0.1, 0.15) is 0 Å². The van der Waals surface area contributed by atoms with Gasteiger partial charge in [-0.3, -0.25) is 4.79 Å². The number of carbonyl (C=O) groups is 2. The second-order valence-corrected chi connectivity index (χ2v) is 8.79. The van der Waals surface area contributed by atoms with E-state index >= 15 is 0 Å².